The molecule has 1 aromatic rings. The molecule has 0 aliphatic carbocycles. The zero-order chi connectivity index (χ0) is 14.5. The van der Waals surface area contributed by atoms with Crippen LogP contribution in [0.4, 0.5) is 0 Å². The third-order valence-corrected chi connectivity index (χ3v) is 3.43. The topological polar surface area (TPSA) is 4.44 Å². The normalized spacial score (nSPS) is 12.3. The number of nitrogens with one attached hydrogen (secondary N) is 1. The minimum atomic E-state index is 1.01. The zero-order valence-corrected chi connectivity index (χ0v) is 12.9. The Morgan fingerprint density at radius 3 is 2.25 bits per heavy atom. The van der Waals surface area contributed by atoms with Crippen molar-refractivity contribution in [1.29, 1.82) is 0 Å². The summed E-state index contributed by atoms with van der Waals surface area (Å²) in [5.41, 5.74) is 1.37. The minimum Gasteiger partial charge on any atom is -0.332 e. The number of benzene rings is 1. The van der Waals surface area contributed by atoms with E-state index in [0.717, 1.165) is 19.4 Å². The molecule has 0 radical (unpaired) electrons. The number of hydrogen-bond donors (Lipinski definition) is 1. The Morgan fingerprint density at radius 1 is 0.850 bits per heavy atom. The molecular formula is C19H28N+. The highest BCUT2D eigenvalue weighted by Crippen LogP contribution is 2.00. The van der Waals surface area contributed by atoms with E-state index in [1.165, 1.54) is 18.7 Å². The van der Waals surface area contributed by atoms with Crippen molar-refractivity contribution in [2.24, 2.45) is 0 Å². The van der Waals surface area contributed by atoms with Crippen LogP contribution in [0.3, 0.4) is 0 Å². The molecule has 0 bridgehead atoms. The molecule has 0 saturated heterocycles. The molecule has 1 N–H and O–H groups in total. The van der Waals surface area contributed by atoms with Gasteiger partial charge >= 0.3 is 0 Å². The van der Waals surface area contributed by atoms with Gasteiger partial charge in [-0.1, -0.05) is 60.7 Å². The van der Waals surface area contributed by atoms with E-state index in [1.807, 2.05) is 0 Å². The average Bonchev–Trinajstić information content (AvgIpc) is 2.50. The van der Waals surface area contributed by atoms with Gasteiger partial charge in [0, 0.05) is 0 Å². The first-order valence-electron chi connectivity index (χ1n) is 7.71. The Hall–Kier alpha value is -1.60. The molecule has 0 aromatic heterocycles. The van der Waals surface area contributed by atoms with Crippen LogP contribution in [0.5, 0.6) is 0 Å². The predicted molar refractivity (Wildman–Crippen MR) is 89.1 cm³/mol. The van der Waals surface area contributed by atoms with Gasteiger partial charge in [0.2, 0.25) is 0 Å². The van der Waals surface area contributed by atoms with E-state index in [9.17, 15) is 0 Å². The summed E-state index contributed by atoms with van der Waals surface area (Å²) in [6.07, 6.45) is 15.3. The molecule has 0 spiro atoms. The van der Waals surface area contributed by atoms with Gasteiger partial charge in [0.15, 0.2) is 0 Å². The van der Waals surface area contributed by atoms with Crippen molar-refractivity contribution in [3.05, 3.63) is 72.4 Å². The van der Waals surface area contributed by atoms with Crippen LogP contribution < -0.4 is 4.90 Å². The van der Waals surface area contributed by atoms with Crippen LogP contribution in [0.2, 0.25) is 0 Å². The number of allylic oxidation sites excluding steroid dienone is 5. The van der Waals surface area contributed by atoms with Crippen molar-refractivity contribution < 1.29 is 4.90 Å². The maximum absolute atomic E-state index is 2.26. The maximum Gasteiger partial charge on any atom is 0.0960 e. The molecule has 1 aromatic carbocycles. The van der Waals surface area contributed by atoms with Crippen LogP contribution in [0.1, 0.15) is 25.8 Å². The molecular weight excluding hydrogens is 242 g/mol. The highest BCUT2D eigenvalue weighted by atomic mass is 15.1. The number of likely N-dealkylation sites (N-methyl/N-ethyl adjacent to an activating group) is 1. The van der Waals surface area contributed by atoms with Crippen molar-refractivity contribution in [2.45, 2.75) is 26.7 Å². The molecule has 0 fully saturated rings. The SMILES string of the molecule is CC[NH+](CC)C/C=C\C=C/C/C=C\Cc1ccccc1. The molecule has 0 amide bonds. The molecule has 1 nitrogen and oxygen atoms in total. The lowest BCUT2D eigenvalue weighted by Crippen LogP contribution is -3.11. The van der Waals surface area contributed by atoms with Gasteiger partial charge in [-0.3, -0.25) is 0 Å². The molecule has 0 aliphatic heterocycles. The fraction of sp³-hybridized carbons (Fsp3) is 0.368. The quantitative estimate of drug-likeness (QED) is 0.519. The van der Waals surface area contributed by atoms with Crippen molar-refractivity contribution in [3.63, 3.8) is 0 Å². The van der Waals surface area contributed by atoms with Crippen molar-refractivity contribution in [3.8, 4) is 0 Å². The van der Waals surface area contributed by atoms with E-state index in [0.29, 0.717) is 0 Å². The molecule has 1 heteroatoms. The number of quaternary nitrogens is 1. The van der Waals surface area contributed by atoms with Gasteiger partial charge in [-0.15, -0.1) is 0 Å². The van der Waals surface area contributed by atoms with E-state index >= 15 is 0 Å². The maximum atomic E-state index is 2.26. The highest BCUT2D eigenvalue weighted by Gasteiger charge is 1.95. The van der Waals surface area contributed by atoms with Crippen LogP contribution in [-0.4, -0.2) is 19.6 Å². The monoisotopic (exact) mass is 270 g/mol. The smallest absolute Gasteiger partial charge is 0.0960 e. The summed E-state index contributed by atoms with van der Waals surface area (Å²) >= 11 is 0. The highest BCUT2D eigenvalue weighted by molar-refractivity contribution is 5.17. The van der Waals surface area contributed by atoms with Gasteiger partial charge < -0.3 is 4.90 Å². The van der Waals surface area contributed by atoms with E-state index in [-0.39, 0.29) is 0 Å². The molecule has 0 unspecified atom stereocenters. The lowest BCUT2D eigenvalue weighted by Gasteiger charge is -2.11. The summed E-state index contributed by atoms with van der Waals surface area (Å²) in [6.45, 7) is 8.00. The largest absolute Gasteiger partial charge is 0.332 e. The second-order valence-electron chi connectivity index (χ2n) is 4.91. The van der Waals surface area contributed by atoms with Gasteiger partial charge in [0.25, 0.3) is 0 Å². The fourth-order valence-electron chi connectivity index (χ4n) is 2.02. The molecule has 108 valence electrons. The van der Waals surface area contributed by atoms with Crippen LogP contribution in [0, 0.1) is 0 Å². The Balaban J connectivity index is 2.14. The summed E-state index contributed by atoms with van der Waals surface area (Å²) in [7, 11) is 0. The fourth-order valence-corrected chi connectivity index (χ4v) is 2.02. The van der Waals surface area contributed by atoms with E-state index in [4.69, 9.17) is 0 Å². The van der Waals surface area contributed by atoms with E-state index in [2.05, 4.69) is 80.6 Å². The standard InChI is InChI=1S/C19H27N/c1-3-20(4-2)18-14-9-7-5-6-8-11-15-19-16-12-10-13-17-19/h5,7-14,16-17H,3-4,6,15,18H2,1-2H3/p+1/b7-5-,11-8-,14-9-. The van der Waals surface area contributed by atoms with Crippen LogP contribution >= 0.6 is 0 Å². The summed E-state index contributed by atoms with van der Waals surface area (Å²) < 4.78 is 0. The lowest BCUT2D eigenvalue weighted by molar-refractivity contribution is -0.890. The van der Waals surface area contributed by atoms with Gasteiger partial charge in [0.1, 0.15) is 0 Å². The Bertz CT molecular complexity index is 411. The summed E-state index contributed by atoms with van der Waals surface area (Å²) in [5.74, 6) is 0. The van der Waals surface area contributed by atoms with Crippen molar-refractivity contribution in [2.75, 3.05) is 19.6 Å². The molecule has 1 rings (SSSR count). The molecule has 0 atom stereocenters. The summed E-state index contributed by atoms with van der Waals surface area (Å²) in [6, 6.07) is 10.6. The first-order valence-corrected chi connectivity index (χ1v) is 7.71. The lowest BCUT2D eigenvalue weighted by atomic mass is 10.1. The predicted octanol–water partition coefficient (Wildman–Crippen LogP) is 3.21. The van der Waals surface area contributed by atoms with Gasteiger partial charge in [-0.2, -0.15) is 0 Å². The first kappa shape index (κ1) is 16.5. The molecule has 0 aliphatic rings. The van der Waals surface area contributed by atoms with Gasteiger partial charge in [-0.05, 0) is 38.3 Å². The third-order valence-electron chi connectivity index (χ3n) is 3.43. The third kappa shape index (κ3) is 7.75. The summed E-state index contributed by atoms with van der Waals surface area (Å²) in [4.78, 5) is 1.62. The Labute approximate surface area is 124 Å². The molecule has 0 saturated carbocycles. The first-order chi connectivity index (χ1) is 9.86. The Kier molecular flexibility index (Phi) is 9.25. The zero-order valence-electron chi connectivity index (χ0n) is 12.9. The van der Waals surface area contributed by atoms with E-state index < -0.39 is 0 Å². The Morgan fingerprint density at radius 2 is 1.55 bits per heavy atom. The number of hydrogen-bond acceptors (Lipinski definition) is 0. The van der Waals surface area contributed by atoms with Crippen molar-refractivity contribution >= 4 is 0 Å². The average molecular weight is 270 g/mol. The van der Waals surface area contributed by atoms with E-state index in [1.54, 1.807) is 4.90 Å². The number of rotatable bonds is 9. The second kappa shape index (κ2) is 11.2. The summed E-state index contributed by atoms with van der Waals surface area (Å²) in [5, 5.41) is 0. The molecule has 0 heterocycles. The van der Waals surface area contributed by atoms with Crippen LogP contribution in [0.15, 0.2) is 66.8 Å². The molecule has 20 heavy (non-hydrogen) atoms. The van der Waals surface area contributed by atoms with Gasteiger partial charge in [-0.25, -0.2) is 0 Å². The van der Waals surface area contributed by atoms with Crippen LogP contribution in [0.25, 0.3) is 0 Å². The minimum absolute atomic E-state index is 1.01. The van der Waals surface area contributed by atoms with Crippen molar-refractivity contribution in [1.82, 2.24) is 0 Å². The van der Waals surface area contributed by atoms with Crippen LogP contribution in [-0.2, 0) is 6.42 Å². The van der Waals surface area contributed by atoms with Gasteiger partial charge in [0.05, 0.1) is 19.6 Å². The second-order valence-corrected chi connectivity index (χ2v) is 4.91.